The van der Waals surface area contributed by atoms with E-state index in [0.717, 1.165) is 24.4 Å². The van der Waals surface area contributed by atoms with Gasteiger partial charge in [0.15, 0.2) is 0 Å². The molecule has 0 bridgehead atoms. The van der Waals surface area contributed by atoms with Gasteiger partial charge in [-0.3, -0.25) is 4.79 Å². The van der Waals surface area contributed by atoms with Crippen molar-refractivity contribution in [3.8, 4) is 0 Å². The van der Waals surface area contributed by atoms with Gasteiger partial charge in [0.25, 0.3) is 5.91 Å². The van der Waals surface area contributed by atoms with Crippen LogP contribution in [0.25, 0.3) is 0 Å². The fourth-order valence-electron chi connectivity index (χ4n) is 3.18. The molecule has 1 aromatic heterocycles. The number of hydrogen-bond donors (Lipinski definition) is 1. The van der Waals surface area contributed by atoms with Gasteiger partial charge in [-0.05, 0) is 43.7 Å². The summed E-state index contributed by atoms with van der Waals surface area (Å²) in [7, 11) is 0. The van der Waals surface area contributed by atoms with Crippen LogP contribution in [0.2, 0.25) is 0 Å². The highest BCUT2D eigenvalue weighted by atomic mass is 32.1. The molecular formula is C13H18N2OS. The van der Waals surface area contributed by atoms with Gasteiger partial charge in [0.1, 0.15) is 0 Å². The first-order chi connectivity index (χ1) is 8.15. The lowest BCUT2D eigenvalue weighted by Crippen LogP contribution is -2.33. The second-order valence-corrected chi connectivity index (χ2v) is 6.57. The van der Waals surface area contributed by atoms with Crippen LogP contribution >= 0.6 is 11.3 Å². The number of rotatable bonds is 1. The van der Waals surface area contributed by atoms with E-state index in [0.29, 0.717) is 17.9 Å². The van der Waals surface area contributed by atoms with Crippen molar-refractivity contribution >= 4 is 17.2 Å². The molecule has 1 saturated heterocycles. The summed E-state index contributed by atoms with van der Waals surface area (Å²) in [4.78, 5) is 16.4. The molecule has 17 heavy (non-hydrogen) atoms. The monoisotopic (exact) mass is 250 g/mol. The number of thiophene rings is 1. The Morgan fingerprint density at radius 3 is 2.88 bits per heavy atom. The first-order valence-electron chi connectivity index (χ1n) is 6.26. The van der Waals surface area contributed by atoms with E-state index < -0.39 is 0 Å². The highest BCUT2D eigenvalue weighted by molar-refractivity contribution is 7.13. The van der Waals surface area contributed by atoms with Crippen molar-refractivity contribution in [1.82, 2.24) is 4.90 Å². The number of amides is 1. The molecule has 1 saturated carbocycles. The van der Waals surface area contributed by atoms with Crippen molar-refractivity contribution in [3.63, 3.8) is 0 Å². The lowest BCUT2D eigenvalue weighted by atomic mass is 9.98. The molecule has 0 spiro atoms. The number of aryl methyl sites for hydroxylation is 1. The Hall–Kier alpha value is -0.870. The molecule has 0 aromatic carbocycles. The standard InChI is InChI=1S/C13H18N2OS/c1-8-2-5-12(17-8)13(16)15-6-9-3-4-11(14)10(9)7-15/h2,5,9-11H,3-4,6-7,14H2,1H3/t9-,10-,11+/m0/s1. The van der Waals surface area contributed by atoms with Gasteiger partial charge in [0, 0.05) is 24.0 Å². The summed E-state index contributed by atoms with van der Waals surface area (Å²) in [6.07, 6.45) is 2.33. The van der Waals surface area contributed by atoms with E-state index in [1.165, 1.54) is 11.3 Å². The summed E-state index contributed by atoms with van der Waals surface area (Å²) in [5.74, 6) is 1.39. The molecule has 3 nitrogen and oxygen atoms in total. The quantitative estimate of drug-likeness (QED) is 0.827. The summed E-state index contributed by atoms with van der Waals surface area (Å²) >= 11 is 1.59. The van der Waals surface area contributed by atoms with Gasteiger partial charge in [-0.1, -0.05) is 0 Å². The first kappa shape index (κ1) is 11.2. The lowest BCUT2D eigenvalue weighted by Gasteiger charge is -2.17. The van der Waals surface area contributed by atoms with E-state index >= 15 is 0 Å². The molecule has 1 aliphatic heterocycles. The Labute approximate surface area is 106 Å². The third-order valence-electron chi connectivity index (χ3n) is 4.15. The maximum atomic E-state index is 12.3. The minimum absolute atomic E-state index is 0.199. The van der Waals surface area contributed by atoms with Gasteiger partial charge in [-0.25, -0.2) is 0 Å². The predicted octanol–water partition coefficient (Wildman–Crippen LogP) is 1.87. The molecule has 0 radical (unpaired) electrons. The third kappa shape index (κ3) is 1.89. The number of carbonyl (C=O) groups excluding carboxylic acids is 1. The van der Waals surface area contributed by atoms with Crippen LogP contribution in [-0.4, -0.2) is 29.9 Å². The topological polar surface area (TPSA) is 46.3 Å². The van der Waals surface area contributed by atoms with Crippen molar-refractivity contribution < 1.29 is 4.79 Å². The minimum Gasteiger partial charge on any atom is -0.337 e. The van der Waals surface area contributed by atoms with Gasteiger partial charge >= 0.3 is 0 Å². The van der Waals surface area contributed by atoms with Crippen LogP contribution in [0, 0.1) is 18.8 Å². The molecule has 2 aliphatic rings. The molecule has 2 heterocycles. The average Bonchev–Trinajstić information content (AvgIpc) is 2.96. The normalized spacial score (nSPS) is 31.9. The van der Waals surface area contributed by atoms with Crippen LogP contribution in [0.4, 0.5) is 0 Å². The number of hydrogen-bond acceptors (Lipinski definition) is 3. The molecule has 1 aliphatic carbocycles. The fraction of sp³-hybridized carbons (Fsp3) is 0.615. The van der Waals surface area contributed by atoms with Crippen molar-refractivity contribution in [1.29, 1.82) is 0 Å². The molecule has 4 heteroatoms. The minimum atomic E-state index is 0.199. The highest BCUT2D eigenvalue weighted by Crippen LogP contribution is 2.37. The zero-order valence-corrected chi connectivity index (χ0v) is 10.9. The van der Waals surface area contributed by atoms with Crippen LogP contribution in [0.5, 0.6) is 0 Å². The van der Waals surface area contributed by atoms with E-state index in [1.54, 1.807) is 11.3 Å². The van der Waals surface area contributed by atoms with Crippen LogP contribution in [0.1, 0.15) is 27.4 Å². The highest BCUT2D eigenvalue weighted by Gasteiger charge is 2.42. The third-order valence-corrected chi connectivity index (χ3v) is 5.14. The molecule has 0 unspecified atom stereocenters. The van der Waals surface area contributed by atoms with E-state index in [1.807, 2.05) is 24.0 Å². The molecule has 2 fully saturated rings. The van der Waals surface area contributed by atoms with Gasteiger partial charge in [0.2, 0.25) is 0 Å². The van der Waals surface area contributed by atoms with E-state index in [9.17, 15) is 4.79 Å². The largest absolute Gasteiger partial charge is 0.337 e. The molecule has 1 amide bonds. The van der Waals surface area contributed by atoms with Gasteiger partial charge in [-0.2, -0.15) is 0 Å². The summed E-state index contributed by atoms with van der Waals surface area (Å²) in [5, 5.41) is 0. The Balaban J connectivity index is 1.73. The van der Waals surface area contributed by atoms with Gasteiger partial charge in [0.05, 0.1) is 4.88 Å². The van der Waals surface area contributed by atoms with Crippen LogP contribution in [0.15, 0.2) is 12.1 Å². The number of likely N-dealkylation sites (tertiary alicyclic amines) is 1. The number of nitrogens with zero attached hydrogens (tertiary/aromatic N) is 1. The average molecular weight is 250 g/mol. The SMILES string of the molecule is Cc1ccc(C(=O)N2C[C@@H]3CC[C@@H](N)[C@H]3C2)s1. The molecule has 1 aromatic rings. The smallest absolute Gasteiger partial charge is 0.263 e. The maximum absolute atomic E-state index is 12.3. The van der Waals surface area contributed by atoms with Crippen molar-refractivity contribution in [2.24, 2.45) is 17.6 Å². The molecular weight excluding hydrogens is 232 g/mol. The number of carbonyl (C=O) groups is 1. The Morgan fingerprint density at radius 2 is 2.24 bits per heavy atom. The number of fused-ring (bicyclic) bond motifs is 1. The molecule has 3 rings (SSSR count). The Bertz CT molecular complexity index is 442. The summed E-state index contributed by atoms with van der Waals surface area (Å²) in [5.41, 5.74) is 6.09. The molecule has 92 valence electrons. The second kappa shape index (κ2) is 4.10. The van der Waals surface area contributed by atoms with E-state index in [4.69, 9.17) is 5.73 Å². The van der Waals surface area contributed by atoms with Crippen molar-refractivity contribution in [2.45, 2.75) is 25.8 Å². The van der Waals surface area contributed by atoms with Gasteiger partial charge < -0.3 is 10.6 Å². The number of nitrogens with two attached hydrogens (primary N) is 1. The van der Waals surface area contributed by atoms with Crippen molar-refractivity contribution in [2.75, 3.05) is 13.1 Å². The summed E-state index contributed by atoms with van der Waals surface area (Å²) < 4.78 is 0. The van der Waals surface area contributed by atoms with E-state index in [2.05, 4.69) is 0 Å². The van der Waals surface area contributed by atoms with Crippen LogP contribution in [-0.2, 0) is 0 Å². The summed E-state index contributed by atoms with van der Waals surface area (Å²) in [6.45, 7) is 3.81. The van der Waals surface area contributed by atoms with Crippen molar-refractivity contribution in [3.05, 3.63) is 21.9 Å². The molecule has 2 N–H and O–H groups in total. The predicted molar refractivity (Wildman–Crippen MR) is 69.1 cm³/mol. The van der Waals surface area contributed by atoms with Crippen LogP contribution in [0.3, 0.4) is 0 Å². The second-order valence-electron chi connectivity index (χ2n) is 5.29. The lowest BCUT2D eigenvalue weighted by molar-refractivity contribution is 0.0784. The fourth-order valence-corrected chi connectivity index (χ4v) is 4.01. The van der Waals surface area contributed by atoms with Crippen LogP contribution < -0.4 is 5.73 Å². The Kier molecular flexibility index (Phi) is 2.71. The summed E-state index contributed by atoms with van der Waals surface area (Å²) in [6, 6.07) is 4.26. The van der Waals surface area contributed by atoms with E-state index in [-0.39, 0.29) is 5.91 Å². The zero-order valence-electron chi connectivity index (χ0n) is 10.1. The Morgan fingerprint density at radius 1 is 1.41 bits per heavy atom. The zero-order chi connectivity index (χ0) is 12.0. The first-order valence-corrected chi connectivity index (χ1v) is 7.08. The maximum Gasteiger partial charge on any atom is 0.263 e. The van der Waals surface area contributed by atoms with Gasteiger partial charge in [-0.15, -0.1) is 11.3 Å². The molecule has 3 atom stereocenters.